The Morgan fingerprint density at radius 3 is 2.69 bits per heavy atom. The summed E-state index contributed by atoms with van der Waals surface area (Å²) in [5.74, 6) is -0.444. The van der Waals surface area contributed by atoms with Gasteiger partial charge in [-0.25, -0.2) is 4.39 Å². The predicted molar refractivity (Wildman–Crippen MR) is 60.8 cm³/mol. The standard InChI is InChI=1S/C11H11BrFNO2/c12-10-7-8(13)1-2-9(10)11(15)14-3-5-16-6-4-14/h1-2,7H,3-6H2. The second-order valence-corrected chi connectivity index (χ2v) is 4.38. The fourth-order valence-electron chi connectivity index (χ4n) is 1.60. The van der Waals surface area contributed by atoms with Crippen LogP contribution in [-0.2, 0) is 4.74 Å². The van der Waals surface area contributed by atoms with Gasteiger partial charge in [-0.1, -0.05) is 0 Å². The van der Waals surface area contributed by atoms with E-state index in [2.05, 4.69) is 15.9 Å². The number of hydrogen-bond donors (Lipinski definition) is 0. The van der Waals surface area contributed by atoms with E-state index < -0.39 is 0 Å². The van der Waals surface area contributed by atoms with Crippen LogP contribution in [0.15, 0.2) is 22.7 Å². The van der Waals surface area contributed by atoms with Crippen molar-refractivity contribution in [3.8, 4) is 0 Å². The van der Waals surface area contributed by atoms with Crippen LogP contribution in [0.2, 0.25) is 0 Å². The van der Waals surface area contributed by atoms with Crippen molar-refractivity contribution >= 4 is 21.8 Å². The molecule has 0 bridgehead atoms. The maximum absolute atomic E-state index is 12.9. The van der Waals surface area contributed by atoms with Gasteiger partial charge in [0.05, 0.1) is 18.8 Å². The number of carbonyl (C=O) groups excluding carboxylic acids is 1. The molecule has 0 unspecified atom stereocenters. The van der Waals surface area contributed by atoms with Crippen molar-refractivity contribution < 1.29 is 13.9 Å². The predicted octanol–water partition coefficient (Wildman–Crippen LogP) is 2.06. The lowest BCUT2D eigenvalue weighted by molar-refractivity contribution is 0.0302. The van der Waals surface area contributed by atoms with Gasteiger partial charge in [0, 0.05) is 17.6 Å². The summed E-state index contributed by atoms with van der Waals surface area (Å²) in [5, 5.41) is 0. The lowest BCUT2D eigenvalue weighted by Gasteiger charge is -2.27. The van der Waals surface area contributed by atoms with E-state index in [0.29, 0.717) is 36.3 Å². The number of halogens is 2. The number of nitrogens with zero attached hydrogens (tertiary/aromatic N) is 1. The van der Waals surface area contributed by atoms with Gasteiger partial charge in [-0.3, -0.25) is 4.79 Å². The van der Waals surface area contributed by atoms with E-state index in [1.807, 2.05) is 0 Å². The molecule has 0 saturated carbocycles. The Labute approximate surface area is 101 Å². The van der Waals surface area contributed by atoms with Crippen LogP contribution in [0.4, 0.5) is 4.39 Å². The molecule has 1 aliphatic heterocycles. The molecule has 0 radical (unpaired) electrons. The lowest BCUT2D eigenvalue weighted by atomic mass is 10.2. The summed E-state index contributed by atoms with van der Waals surface area (Å²) in [5.41, 5.74) is 0.489. The zero-order valence-corrected chi connectivity index (χ0v) is 10.2. The molecular weight excluding hydrogens is 277 g/mol. The fourth-order valence-corrected chi connectivity index (χ4v) is 2.12. The molecule has 2 rings (SSSR count). The van der Waals surface area contributed by atoms with Crippen molar-refractivity contribution in [3.05, 3.63) is 34.1 Å². The molecule has 1 fully saturated rings. The number of amides is 1. The number of rotatable bonds is 1. The molecule has 1 aliphatic rings. The van der Waals surface area contributed by atoms with E-state index in [1.54, 1.807) is 4.90 Å². The number of hydrogen-bond acceptors (Lipinski definition) is 2. The van der Waals surface area contributed by atoms with Gasteiger partial charge in [0.2, 0.25) is 0 Å². The van der Waals surface area contributed by atoms with Crippen molar-refractivity contribution in [1.82, 2.24) is 4.90 Å². The van der Waals surface area contributed by atoms with Crippen LogP contribution in [-0.4, -0.2) is 37.1 Å². The Bertz CT molecular complexity index is 405. The molecule has 3 nitrogen and oxygen atoms in total. The van der Waals surface area contributed by atoms with Crippen molar-refractivity contribution in [1.29, 1.82) is 0 Å². The van der Waals surface area contributed by atoms with Gasteiger partial charge in [0.25, 0.3) is 5.91 Å². The Balaban J connectivity index is 2.19. The molecule has 0 N–H and O–H groups in total. The van der Waals surface area contributed by atoms with Crippen LogP contribution >= 0.6 is 15.9 Å². The van der Waals surface area contributed by atoms with Crippen LogP contribution in [0, 0.1) is 5.82 Å². The fraction of sp³-hybridized carbons (Fsp3) is 0.364. The van der Waals surface area contributed by atoms with Crippen LogP contribution in [0.1, 0.15) is 10.4 Å². The summed E-state index contributed by atoms with van der Waals surface area (Å²) in [4.78, 5) is 13.8. The molecule has 1 heterocycles. The highest BCUT2D eigenvalue weighted by Crippen LogP contribution is 2.20. The Morgan fingerprint density at radius 2 is 2.06 bits per heavy atom. The first-order valence-electron chi connectivity index (χ1n) is 5.00. The maximum Gasteiger partial charge on any atom is 0.255 e. The highest BCUT2D eigenvalue weighted by molar-refractivity contribution is 9.10. The van der Waals surface area contributed by atoms with E-state index in [9.17, 15) is 9.18 Å². The van der Waals surface area contributed by atoms with Crippen molar-refractivity contribution in [3.63, 3.8) is 0 Å². The molecule has 1 aromatic carbocycles. The highest BCUT2D eigenvalue weighted by Gasteiger charge is 2.20. The van der Waals surface area contributed by atoms with E-state index in [4.69, 9.17) is 4.74 Å². The number of ether oxygens (including phenoxy) is 1. The molecule has 0 aromatic heterocycles. The maximum atomic E-state index is 12.9. The van der Waals surface area contributed by atoms with Crippen molar-refractivity contribution in [2.75, 3.05) is 26.3 Å². The monoisotopic (exact) mass is 287 g/mol. The highest BCUT2D eigenvalue weighted by atomic mass is 79.9. The third-order valence-corrected chi connectivity index (χ3v) is 3.12. The topological polar surface area (TPSA) is 29.5 Å². The second-order valence-electron chi connectivity index (χ2n) is 3.53. The van der Waals surface area contributed by atoms with E-state index in [0.717, 1.165) is 0 Å². The van der Waals surface area contributed by atoms with E-state index in [1.165, 1.54) is 18.2 Å². The molecule has 0 spiro atoms. The number of benzene rings is 1. The van der Waals surface area contributed by atoms with E-state index >= 15 is 0 Å². The van der Waals surface area contributed by atoms with Gasteiger partial charge >= 0.3 is 0 Å². The number of morpholine rings is 1. The van der Waals surface area contributed by atoms with E-state index in [-0.39, 0.29) is 11.7 Å². The normalized spacial score (nSPS) is 16.2. The molecule has 1 aromatic rings. The largest absolute Gasteiger partial charge is 0.378 e. The SMILES string of the molecule is O=C(c1ccc(F)cc1Br)N1CCOCC1. The first-order valence-corrected chi connectivity index (χ1v) is 5.80. The summed E-state index contributed by atoms with van der Waals surface area (Å²) in [6.07, 6.45) is 0. The quantitative estimate of drug-likeness (QED) is 0.791. The molecule has 86 valence electrons. The van der Waals surface area contributed by atoms with Gasteiger partial charge in [-0.15, -0.1) is 0 Å². The minimum Gasteiger partial charge on any atom is -0.378 e. The Hall–Kier alpha value is -0.940. The first kappa shape index (κ1) is 11.5. The van der Waals surface area contributed by atoms with Crippen LogP contribution in [0.25, 0.3) is 0 Å². The lowest BCUT2D eigenvalue weighted by Crippen LogP contribution is -2.40. The van der Waals surface area contributed by atoms with Gasteiger partial charge in [0.1, 0.15) is 5.82 Å². The molecule has 0 atom stereocenters. The minimum absolute atomic E-state index is 0.0878. The Kier molecular flexibility index (Phi) is 3.56. The van der Waals surface area contributed by atoms with Gasteiger partial charge in [-0.2, -0.15) is 0 Å². The zero-order chi connectivity index (χ0) is 11.5. The second kappa shape index (κ2) is 4.93. The molecule has 0 aliphatic carbocycles. The number of carbonyl (C=O) groups is 1. The van der Waals surface area contributed by atoms with Crippen molar-refractivity contribution in [2.45, 2.75) is 0 Å². The smallest absolute Gasteiger partial charge is 0.255 e. The Morgan fingerprint density at radius 1 is 1.38 bits per heavy atom. The summed E-state index contributed by atoms with van der Waals surface area (Å²) < 4.78 is 18.5. The van der Waals surface area contributed by atoms with Crippen LogP contribution in [0.3, 0.4) is 0 Å². The summed E-state index contributed by atoms with van der Waals surface area (Å²) in [6.45, 7) is 2.29. The molecule has 1 amide bonds. The van der Waals surface area contributed by atoms with Gasteiger partial charge in [0.15, 0.2) is 0 Å². The molecule has 5 heteroatoms. The molecule has 16 heavy (non-hydrogen) atoms. The summed E-state index contributed by atoms with van der Waals surface area (Å²) in [7, 11) is 0. The van der Waals surface area contributed by atoms with Crippen LogP contribution < -0.4 is 0 Å². The first-order chi connectivity index (χ1) is 7.68. The molecule has 1 saturated heterocycles. The van der Waals surface area contributed by atoms with Gasteiger partial charge < -0.3 is 9.64 Å². The third-order valence-electron chi connectivity index (χ3n) is 2.46. The zero-order valence-electron chi connectivity index (χ0n) is 8.58. The summed E-state index contributed by atoms with van der Waals surface area (Å²) in [6, 6.07) is 4.09. The van der Waals surface area contributed by atoms with Crippen molar-refractivity contribution in [2.24, 2.45) is 0 Å². The minimum atomic E-state index is -0.356. The average Bonchev–Trinajstić information content (AvgIpc) is 2.29. The van der Waals surface area contributed by atoms with Crippen LogP contribution in [0.5, 0.6) is 0 Å². The summed E-state index contributed by atoms with van der Waals surface area (Å²) >= 11 is 3.20. The molecular formula is C11H11BrFNO2. The third kappa shape index (κ3) is 2.41. The average molecular weight is 288 g/mol. The van der Waals surface area contributed by atoms with Gasteiger partial charge in [-0.05, 0) is 34.1 Å².